The molecule has 8 nitrogen and oxygen atoms in total. The minimum absolute atomic E-state index is 0.0112. The van der Waals surface area contributed by atoms with Crippen LogP contribution in [0.4, 0.5) is 11.5 Å². The lowest BCUT2D eigenvalue weighted by Crippen LogP contribution is -2.34. The Morgan fingerprint density at radius 3 is 2.06 bits per heavy atom. The predicted octanol–water partition coefficient (Wildman–Crippen LogP) is 7.48. The number of nitrogens with one attached hydrogen (secondary N) is 1. The van der Waals surface area contributed by atoms with E-state index >= 15 is 0 Å². The highest BCUT2D eigenvalue weighted by molar-refractivity contribution is 7.98. The van der Waals surface area contributed by atoms with Crippen molar-refractivity contribution < 1.29 is 14.3 Å². The van der Waals surface area contributed by atoms with Gasteiger partial charge >= 0.3 is 0 Å². The molecule has 0 saturated heterocycles. The number of methoxy groups -OCH3 is 2. The van der Waals surface area contributed by atoms with Gasteiger partial charge in [-0.2, -0.15) is 0 Å². The lowest BCUT2D eigenvalue weighted by molar-refractivity contribution is 0.0967. The standard InChI is InChI=1S/C38H36N4O4S/c1-42-37(44)35-36(41-38(42)47-4)40-34(26-13-9-6-10-14-26)32(33(39-35)27-17-21-29(46-3)22-18-27)30(24-11-7-5-8-12-24)23-31(43)25-15-19-28(45-2)20-16-25/h5-22,30,32,34,40H,23H2,1-4H3/t30-,32+,34?/m1/s1. The summed E-state index contributed by atoms with van der Waals surface area (Å²) in [6.07, 6.45) is 2.09. The van der Waals surface area contributed by atoms with Gasteiger partial charge in [0.15, 0.2) is 22.4 Å². The minimum Gasteiger partial charge on any atom is -0.497 e. The molecule has 5 aromatic rings. The fourth-order valence-electron chi connectivity index (χ4n) is 6.18. The first-order valence-corrected chi connectivity index (χ1v) is 16.6. The Balaban J connectivity index is 1.61. The monoisotopic (exact) mass is 644 g/mol. The fourth-order valence-corrected chi connectivity index (χ4v) is 6.72. The molecule has 0 saturated carbocycles. The van der Waals surface area contributed by atoms with Crippen molar-refractivity contribution in [2.45, 2.75) is 23.5 Å². The van der Waals surface area contributed by atoms with Gasteiger partial charge in [-0.1, -0.05) is 72.4 Å². The number of rotatable bonds is 10. The zero-order valence-electron chi connectivity index (χ0n) is 26.7. The lowest BCUT2D eigenvalue weighted by atomic mass is 9.72. The molecule has 4 aromatic carbocycles. The molecule has 9 heteroatoms. The van der Waals surface area contributed by atoms with Gasteiger partial charge in [0.1, 0.15) is 11.5 Å². The number of anilines is 1. The normalized spacial score (nSPS) is 16.2. The topological polar surface area (TPSA) is 94.8 Å². The van der Waals surface area contributed by atoms with Crippen LogP contribution in [0.3, 0.4) is 0 Å². The third-order valence-corrected chi connectivity index (χ3v) is 9.36. The maximum Gasteiger partial charge on any atom is 0.282 e. The number of aromatic nitrogens is 2. The summed E-state index contributed by atoms with van der Waals surface area (Å²) in [6, 6.07) is 34.6. The Morgan fingerprint density at radius 1 is 0.872 bits per heavy atom. The first-order valence-electron chi connectivity index (χ1n) is 15.3. The molecule has 0 radical (unpaired) electrons. The second kappa shape index (κ2) is 14.1. The molecule has 1 aromatic heterocycles. The molecule has 1 aliphatic rings. The van der Waals surface area contributed by atoms with Crippen LogP contribution in [0.1, 0.15) is 45.4 Å². The van der Waals surface area contributed by atoms with E-state index in [9.17, 15) is 9.59 Å². The average Bonchev–Trinajstić information content (AvgIpc) is 3.30. The van der Waals surface area contributed by atoms with Gasteiger partial charge in [0.25, 0.3) is 5.56 Å². The van der Waals surface area contributed by atoms with E-state index in [0.29, 0.717) is 33.7 Å². The number of hydrogen-bond donors (Lipinski definition) is 1. The van der Waals surface area contributed by atoms with Gasteiger partial charge in [-0.05, 0) is 71.5 Å². The Hall–Kier alpha value is -5.15. The number of aliphatic imine (C=N–C) groups is 1. The van der Waals surface area contributed by atoms with Crippen LogP contribution >= 0.6 is 11.8 Å². The van der Waals surface area contributed by atoms with Gasteiger partial charge < -0.3 is 14.8 Å². The molecule has 0 aliphatic carbocycles. The zero-order chi connectivity index (χ0) is 32.9. The molecule has 2 heterocycles. The maximum absolute atomic E-state index is 14.1. The molecule has 1 aliphatic heterocycles. The van der Waals surface area contributed by atoms with Crippen molar-refractivity contribution >= 4 is 34.8 Å². The summed E-state index contributed by atoms with van der Waals surface area (Å²) < 4.78 is 12.3. The lowest BCUT2D eigenvalue weighted by Gasteiger charge is -2.35. The smallest absolute Gasteiger partial charge is 0.282 e. The summed E-state index contributed by atoms with van der Waals surface area (Å²) in [7, 11) is 4.94. The van der Waals surface area contributed by atoms with Crippen LogP contribution in [0.15, 0.2) is 124 Å². The van der Waals surface area contributed by atoms with Crippen LogP contribution in [0.5, 0.6) is 11.5 Å². The molecule has 0 bridgehead atoms. The van der Waals surface area contributed by atoms with Crippen molar-refractivity contribution in [3.05, 3.63) is 142 Å². The number of nitrogens with zero attached hydrogens (tertiary/aromatic N) is 3. The maximum atomic E-state index is 14.1. The fraction of sp³-hybridized carbons (Fsp3) is 0.211. The molecule has 0 amide bonds. The summed E-state index contributed by atoms with van der Waals surface area (Å²) in [5, 5.41) is 4.24. The minimum atomic E-state index is -0.410. The zero-order valence-corrected chi connectivity index (χ0v) is 27.5. The van der Waals surface area contributed by atoms with Gasteiger partial charge in [0, 0.05) is 30.9 Å². The number of ketones is 1. The SMILES string of the molecule is COc1ccc(C(=O)C[C@H](c2ccccc2)[C@H]2C(c3ccc(OC)cc3)=Nc3c(nc(SC)n(C)c3=O)NC2c2ccccc2)cc1. The van der Waals surface area contributed by atoms with E-state index in [4.69, 9.17) is 19.5 Å². The molecule has 0 fully saturated rings. The van der Waals surface area contributed by atoms with Crippen molar-refractivity contribution in [3.8, 4) is 11.5 Å². The number of carbonyl (C=O) groups excluding carboxylic acids is 1. The van der Waals surface area contributed by atoms with Gasteiger partial charge in [-0.15, -0.1) is 0 Å². The van der Waals surface area contributed by atoms with E-state index in [2.05, 4.69) is 29.6 Å². The highest BCUT2D eigenvalue weighted by Crippen LogP contribution is 2.45. The third kappa shape index (κ3) is 6.57. The van der Waals surface area contributed by atoms with Crippen molar-refractivity contribution in [1.29, 1.82) is 0 Å². The molecular weight excluding hydrogens is 609 g/mol. The van der Waals surface area contributed by atoms with Crippen molar-refractivity contribution in [2.24, 2.45) is 18.0 Å². The Bertz CT molecular complexity index is 1940. The third-order valence-electron chi connectivity index (χ3n) is 8.63. The molecule has 238 valence electrons. The highest BCUT2D eigenvalue weighted by atomic mass is 32.2. The number of hydrogen-bond acceptors (Lipinski definition) is 8. The van der Waals surface area contributed by atoms with Crippen molar-refractivity contribution in [3.63, 3.8) is 0 Å². The highest BCUT2D eigenvalue weighted by Gasteiger charge is 2.40. The predicted molar refractivity (Wildman–Crippen MR) is 188 cm³/mol. The summed E-state index contributed by atoms with van der Waals surface area (Å²) in [5.41, 5.74) is 4.04. The van der Waals surface area contributed by atoms with Crippen LogP contribution in [0, 0.1) is 5.92 Å². The van der Waals surface area contributed by atoms with Gasteiger partial charge in [-0.3, -0.25) is 14.2 Å². The van der Waals surface area contributed by atoms with Gasteiger partial charge in [-0.25, -0.2) is 9.98 Å². The summed E-state index contributed by atoms with van der Waals surface area (Å²) in [4.78, 5) is 38.1. The van der Waals surface area contributed by atoms with Crippen LogP contribution in [-0.2, 0) is 7.05 Å². The second-order valence-electron chi connectivity index (χ2n) is 11.3. The van der Waals surface area contributed by atoms with E-state index in [1.165, 1.54) is 16.3 Å². The average molecular weight is 645 g/mol. The Labute approximate surface area is 278 Å². The second-order valence-corrected chi connectivity index (χ2v) is 12.1. The summed E-state index contributed by atoms with van der Waals surface area (Å²) in [6.45, 7) is 0. The van der Waals surface area contributed by atoms with E-state index in [1.807, 2.05) is 66.9 Å². The van der Waals surface area contributed by atoms with E-state index in [-0.39, 0.29) is 29.4 Å². The number of thioether (sulfide) groups is 1. The van der Waals surface area contributed by atoms with Gasteiger partial charge in [0.2, 0.25) is 0 Å². The number of fused-ring (bicyclic) bond motifs is 1. The molecule has 1 N–H and O–H groups in total. The van der Waals surface area contributed by atoms with Crippen LogP contribution < -0.4 is 20.3 Å². The van der Waals surface area contributed by atoms with E-state index in [1.54, 1.807) is 45.5 Å². The number of ether oxygens (including phenoxy) is 2. The van der Waals surface area contributed by atoms with Crippen molar-refractivity contribution in [1.82, 2.24) is 9.55 Å². The molecule has 6 rings (SSSR count). The summed E-state index contributed by atoms with van der Waals surface area (Å²) >= 11 is 1.40. The summed E-state index contributed by atoms with van der Waals surface area (Å²) in [5.74, 6) is 1.03. The number of Topliss-reactive ketones (excluding diaryl/α,β-unsaturated/α-hetero) is 1. The Kier molecular flexibility index (Phi) is 9.54. The van der Waals surface area contributed by atoms with Gasteiger partial charge in [0.05, 0.1) is 26.0 Å². The van der Waals surface area contributed by atoms with Crippen molar-refractivity contribution in [2.75, 3.05) is 25.8 Å². The van der Waals surface area contributed by atoms with Crippen LogP contribution in [0.25, 0.3) is 0 Å². The van der Waals surface area contributed by atoms with E-state index in [0.717, 1.165) is 16.7 Å². The van der Waals surface area contributed by atoms with E-state index < -0.39 is 12.0 Å². The Morgan fingerprint density at radius 2 is 1.47 bits per heavy atom. The first kappa shape index (κ1) is 31.8. The molecular formula is C38H36N4O4S. The number of benzene rings is 4. The quantitative estimate of drug-likeness (QED) is 0.0957. The first-order chi connectivity index (χ1) is 22.9. The van der Waals surface area contributed by atoms with Crippen LogP contribution in [-0.4, -0.2) is 41.5 Å². The number of carbonyl (C=O) groups is 1. The molecule has 3 atom stereocenters. The largest absolute Gasteiger partial charge is 0.497 e. The molecule has 47 heavy (non-hydrogen) atoms. The molecule has 0 spiro atoms. The van der Waals surface area contributed by atoms with Crippen LogP contribution in [0.2, 0.25) is 0 Å². The molecule has 1 unspecified atom stereocenters.